The number of halogens is 1. The van der Waals surface area contributed by atoms with Gasteiger partial charge in [-0.25, -0.2) is 9.97 Å². The van der Waals surface area contributed by atoms with E-state index in [1.165, 1.54) is 5.56 Å². The molecule has 0 spiro atoms. The molecule has 2 heterocycles. The van der Waals surface area contributed by atoms with Crippen molar-refractivity contribution >= 4 is 34.0 Å². The van der Waals surface area contributed by atoms with Crippen LogP contribution < -0.4 is 0 Å². The van der Waals surface area contributed by atoms with Crippen LogP contribution >= 0.6 is 22.9 Å². The SMILES string of the molecule is CCC(c1nccs1)n1c(CCl)nc2c(C)cccc21. The van der Waals surface area contributed by atoms with Crippen molar-refractivity contribution in [1.29, 1.82) is 0 Å². The van der Waals surface area contributed by atoms with Crippen LogP contribution in [0.2, 0.25) is 0 Å². The molecule has 1 aromatic carbocycles. The number of aromatic nitrogens is 3. The number of alkyl halides is 1. The van der Waals surface area contributed by atoms with Crippen molar-refractivity contribution in [1.82, 2.24) is 14.5 Å². The molecule has 5 heteroatoms. The van der Waals surface area contributed by atoms with Crippen LogP contribution in [0.4, 0.5) is 0 Å². The second kappa shape index (κ2) is 5.54. The summed E-state index contributed by atoms with van der Waals surface area (Å²) in [5, 5.41) is 3.13. The van der Waals surface area contributed by atoms with Gasteiger partial charge in [0.1, 0.15) is 10.8 Å². The van der Waals surface area contributed by atoms with E-state index < -0.39 is 0 Å². The molecule has 20 heavy (non-hydrogen) atoms. The zero-order valence-corrected chi connectivity index (χ0v) is 13.1. The van der Waals surface area contributed by atoms with Crippen LogP contribution in [0.1, 0.15) is 35.8 Å². The highest BCUT2D eigenvalue weighted by atomic mass is 35.5. The third kappa shape index (κ3) is 2.13. The number of imidazole rings is 1. The lowest BCUT2D eigenvalue weighted by atomic mass is 10.2. The summed E-state index contributed by atoms with van der Waals surface area (Å²) in [6.45, 7) is 4.26. The Morgan fingerprint density at radius 1 is 1.40 bits per heavy atom. The summed E-state index contributed by atoms with van der Waals surface area (Å²) in [6.07, 6.45) is 2.82. The van der Waals surface area contributed by atoms with E-state index in [1.807, 2.05) is 11.6 Å². The minimum Gasteiger partial charge on any atom is -0.317 e. The van der Waals surface area contributed by atoms with E-state index in [1.54, 1.807) is 11.3 Å². The first-order chi connectivity index (χ1) is 9.76. The summed E-state index contributed by atoms with van der Waals surface area (Å²) in [4.78, 5) is 9.19. The van der Waals surface area contributed by atoms with Crippen LogP contribution in [-0.2, 0) is 5.88 Å². The Kier molecular flexibility index (Phi) is 3.76. The molecule has 104 valence electrons. The van der Waals surface area contributed by atoms with Crippen molar-refractivity contribution in [2.45, 2.75) is 32.2 Å². The second-order valence-electron chi connectivity index (χ2n) is 4.77. The zero-order chi connectivity index (χ0) is 14.1. The largest absolute Gasteiger partial charge is 0.317 e. The summed E-state index contributed by atoms with van der Waals surface area (Å²) >= 11 is 7.80. The number of nitrogens with zero attached hydrogens (tertiary/aromatic N) is 3. The molecular formula is C15H16ClN3S. The number of benzene rings is 1. The molecule has 0 aliphatic heterocycles. The molecule has 0 saturated heterocycles. The van der Waals surface area contributed by atoms with Gasteiger partial charge in [-0.1, -0.05) is 19.1 Å². The molecule has 0 aliphatic carbocycles. The lowest BCUT2D eigenvalue weighted by molar-refractivity contribution is 0.562. The molecule has 0 bridgehead atoms. The smallest absolute Gasteiger partial charge is 0.125 e. The molecule has 2 aromatic heterocycles. The molecule has 0 saturated carbocycles. The van der Waals surface area contributed by atoms with Gasteiger partial charge >= 0.3 is 0 Å². The predicted octanol–water partition coefficient (Wildman–Crippen LogP) is 4.54. The summed E-state index contributed by atoms with van der Waals surface area (Å²) in [6, 6.07) is 6.47. The van der Waals surface area contributed by atoms with Gasteiger partial charge in [0.25, 0.3) is 0 Å². The molecule has 0 N–H and O–H groups in total. The van der Waals surface area contributed by atoms with E-state index in [2.05, 4.69) is 41.6 Å². The third-order valence-electron chi connectivity index (χ3n) is 3.55. The molecule has 0 radical (unpaired) electrons. The molecule has 3 aromatic rings. The van der Waals surface area contributed by atoms with Crippen molar-refractivity contribution in [3.8, 4) is 0 Å². The van der Waals surface area contributed by atoms with E-state index in [0.717, 1.165) is 28.3 Å². The van der Waals surface area contributed by atoms with Crippen LogP contribution in [0.3, 0.4) is 0 Å². The van der Waals surface area contributed by atoms with E-state index in [-0.39, 0.29) is 6.04 Å². The maximum absolute atomic E-state index is 6.12. The number of rotatable bonds is 4. The lowest BCUT2D eigenvalue weighted by Crippen LogP contribution is -2.12. The van der Waals surface area contributed by atoms with E-state index in [4.69, 9.17) is 16.6 Å². The van der Waals surface area contributed by atoms with Crippen LogP contribution in [0, 0.1) is 6.92 Å². The lowest BCUT2D eigenvalue weighted by Gasteiger charge is -2.17. The fraction of sp³-hybridized carbons (Fsp3) is 0.333. The molecule has 1 unspecified atom stereocenters. The highest BCUT2D eigenvalue weighted by Gasteiger charge is 2.21. The average molecular weight is 306 g/mol. The predicted molar refractivity (Wildman–Crippen MR) is 84.6 cm³/mol. The van der Waals surface area contributed by atoms with Gasteiger partial charge in [0, 0.05) is 11.6 Å². The molecule has 0 aliphatic rings. The van der Waals surface area contributed by atoms with Crippen molar-refractivity contribution in [2.24, 2.45) is 0 Å². The Hall–Kier alpha value is -1.39. The number of thiazole rings is 1. The number of fused-ring (bicyclic) bond motifs is 1. The van der Waals surface area contributed by atoms with Crippen LogP contribution in [0.15, 0.2) is 29.8 Å². The molecular weight excluding hydrogens is 290 g/mol. The zero-order valence-electron chi connectivity index (χ0n) is 11.5. The van der Waals surface area contributed by atoms with Crippen molar-refractivity contribution in [3.05, 3.63) is 46.2 Å². The van der Waals surface area contributed by atoms with Gasteiger partial charge in [-0.05, 0) is 25.0 Å². The van der Waals surface area contributed by atoms with E-state index in [9.17, 15) is 0 Å². The van der Waals surface area contributed by atoms with E-state index in [0.29, 0.717) is 5.88 Å². The van der Waals surface area contributed by atoms with Gasteiger partial charge in [-0.15, -0.1) is 22.9 Å². The van der Waals surface area contributed by atoms with Crippen LogP contribution in [-0.4, -0.2) is 14.5 Å². The highest BCUT2D eigenvalue weighted by Crippen LogP contribution is 2.31. The van der Waals surface area contributed by atoms with Gasteiger partial charge in [0.15, 0.2) is 0 Å². The molecule has 0 amide bonds. The van der Waals surface area contributed by atoms with Crippen LogP contribution in [0.25, 0.3) is 11.0 Å². The third-order valence-corrected chi connectivity index (χ3v) is 4.67. The normalized spacial score (nSPS) is 12.9. The van der Waals surface area contributed by atoms with Gasteiger partial charge in [-0.3, -0.25) is 0 Å². The minimum atomic E-state index is 0.204. The first-order valence-corrected chi connectivity index (χ1v) is 8.09. The monoisotopic (exact) mass is 305 g/mol. The fourth-order valence-corrected chi connectivity index (χ4v) is 3.61. The maximum atomic E-state index is 6.12. The molecule has 3 nitrogen and oxygen atoms in total. The summed E-state index contributed by atoms with van der Waals surface area (Å²) in [5.74, 6) is 1.33. The quantitative estimate of drug-likeness (QED) is 0.663. The van der Waals surface area contributed by atoms with Gasteiger partial charge in [-0.2, -0.15) is 0 Å². The Balaban J connectivity index is 2.26. The van der Waals surface area contributed by atoms with Gasteiger partial charge in [0.2, 0.25) is 0 Å². The summed E-state index contributed by atoms with van der Waals surface area (Å²) in [5.41, 5.74) is 3.36. The number of hydrogen-bond acceptors (Lipinski definition) is 3. The van der Waals surface area contributed by atoms with Gasteiger partial charge < -0.3 is 4.57 Å². The summed E-state index contributed by atoms with van der Waals surface area (Å²) in [7, 11) is 0. The number of para-hydroxylation sites is 1. The molecule has 1 atom stereocenters. The van der Waals surface area contributed by atoms with E-state index >= 15 is 0 Å². The van der Waals surface area contributed by atoms with Crippen molar-refractivity contribution in [3.63, 3.8) is 0 Å². The standard InChI is InChI=1S/C15H16ClN3S/c1-3-11(15-17-7-8-20-15)19-12-6-4-5-10(2)14(12)18-13(19)9-16/h4-8,11H,3,9H2,1-2H3. The minimum absolute atomic E-state index is 0.204. The Morgan fingerprint density at radius 3 is 2.90 bits per heavy atom. The van der Waals surface area contributed by atoms with Crippen molar-refractivity contribution in [2.75, 3.05) is 0 Å². The first-order valence-electron chi connectivity index (χ1n) is 6.68. The van der Waals surface area contributed by atoms with Crippen LogP contribution in [0.5, 0.6) is 0 Å². The Morgan fingerprint density at radius 2 is 2.25 bits per heavy atom. The number of hydrogen-bond donors (Lipinski definition) is 0. The topological polar surface area (TPSA) is 30.7 Å². The molecule has 3 rings (SSSR count). The highest BCUT2D eigenvalue weighted by molar-refractivity contribution is 7.09. The fourth-order valence-electron chi connectivity index (χ4n) is 2.61. The molecule has 0 fully saturated rings. The second-order valence-corrected chi connectivity index (χ2v) is 5.96. The Bertz CT molecular complexity index is 718. The maximum Gasteiger partial charge on any atom is 0.125 e. The summed E-state index contributed by atoms with van der Waals surface area (Å²) < 4.78 is 2.24. The number of aryl methyl sites for hydroxylation is 1. The Labute approximate surface area is 127 Å². The average Bonchev–Trinajstić information content (AvgIpc) is 3.09. The van der Waals surface area contributed by atoms with Crippen molar-refractivity contribution < 1.29 is 0 Å². The first kappa shape index (κ1) is 13.6. The van der Waals surface area contributed by atoms with Gasteiger partial charge in [0.05, 0.1) is 23.0 Å².